The summed E-state index contributed by atoms with van der Waals surface area (Å²) in [5, 5.41) is 4.83. The minimum atomic E-state index is 0.286. The number of hydrogen-bond donors (Lipinski definition) is 1. The van der Waals surface area contributed by atoms with Gasteiger partial charge in [-0.05, 0) is 19.3 Å². The number of rotatable bonds is 3. The van der Waals surface area contributed by atoms with Crippen LogP contribution in [0, 0.1) is 0 Å². The van der Waals surface area contributed by atoms with Crippen molar-refractivity contribution in [2.75, 3.05) is 26.2 Å². The van der Waals surface area contributed by atoms with Crippen molar-refractivity contribution in [2.45, 2.75) is 37.9 Å². The molecule has 1 amide bonds. The second-order valence-electron chi connectivity index (χ2n) is 4.69. The van der Waals surface area contributed by atoms with Crippen molar-refractivity contribution < 1.29 is 4.79 Å². The maximum atomic E-state index is 11.9. The molecule has 0 aromatic heterocycles. The smallest absolute Gasteiger partial charge is 0.224 e. The van der Waals surface area contributed by atoms with E-state index in [4.69, 9.17) is 0 Å². The van der Waals surface area contributed by atoms with Crippen molar-refractivity contribution in [2.24, 2.45) is 4.99 Å². The molecular formula is C12H21N3OS. The second kappa shape index (κ2) is 6.28. The van der Waals surface area contributed by atoms with E-state index in [-0.39, 0.29) is 5.91 Å². The topological polar surface area (TPSA) is 44.7 Å². The van der Waals surface area contributed by atoms with Gasteiger partial charge in [-0.15, -0.1) is 0 Å². The lowest BCUT2D eigenvalue weighted by Gasteiger charge is -2.26. The first-order valence-corrected chi connectivity index (χ1v) is 7.36. The summed E-state index contributed by atoms with van der Waals surface area (Å²) in [7, 11) is 0. The van der Waals surface area contributed by atoms with Crippen LogP contribution in [0.2, 0.25) is 0 Å². The molecule has 1 saturated heterocycles. The van der Waals surface area contributed by atoms with E-state index in [9.17, 15) is 4.79 Å². The lowest BCUT2D eigenvalue weighted by Crippen LogP contribution is -2.37. The van der Waals surface area contributed by atoms with Gasteiger partial charge < -0.3 is 10.2 Å². The van der Waals surface area contributed by atoms with Crippen LogP contribution in [0.3, 0.4) is 0 Å². The van der Waals surface area contributed by atoms with Crippen LogP contribution in [0.25, 0.3) is 0 Å². The fourth-order valence-electron chi connectivity index (χ4n) is 2.15. The van der Waals surface area contributed by atoms with Gasteiger partial charge in [-0.3, -0.25) is 9.79 Å². The highest BCUT2D eigenvalue weighted by Crippen LogP contribution is 2.18. The zero-order valence-electron chi connectivity index (χ0n) is 10.4. The SMILES string of the molecule is CC1CN=C(NCCC(=O)N2CCCCC2)S1. The zero-order valence-corrected chi connectivity index (χ0v) is 11.3. The van der Waals surface area contributed by atoms with Crippen LogP contribution in [-0.4, -0.2) is 47.4 Å². The molecule has 0 bridgehead atoms. The molecule has 2 aliphatic rings. The van der Waals surface area contributed by atoms with E-state index in [1.165, 1.54) is 19.3 Å². The molecule has 17 heavy (non-hydrogen) atoms. The highest BCUT2D eigenvalue weighted by Gasteiger charge is 2.17. The third kappa shape index (κ3) is 3.91. The fraction of sp³-hybridized carbons (Fsp3) is 0.833. The molecule has 4 nitrogen and oxygen atoms in total. The molecule has 0 radical (unpaired) electrons. The molecule has 2 rings (SSSR count). The fourth-order valence-corrected chi connectivity index (χ4v) is 3.02. The Balaban J connectivity index is 1.62. The minimum Gasteiger partial charge on any atom is -0.364 e. The molecule has 2 heterocycles. The van der Waals surface area contributed by atoms with E-state index in [1.54, 1.807) is 11.8 Å². The summed E-state index contributed by atoms with van der Waals surface area (Å²) >= 11 is 1.77. The van der Waals surface area contributed by atoms with Crippen molar-refractivity contribution in [1.29, 1.82) is 0 Å². The summed E-state index contributed by atoms with van der Waals surface area (Å²) in [5.41, 5.74) is 0. The number of carbonyl (C=O) groups is 1. The summed E-state index contributed by atoms with van der Waals surface area (Å²) in [6, 6.07) is 0. The Morgan fingerprint density at radius 1 is 1.47 bits per heavy atom. The van der Waals surface area contributed by atoms with Crippen molar-refractivity contribution in [3.05, 3.63) is 0 Å². The average molecular weight is 255 g/mol. The van der Waals surface area contributed by atoms with Crippen LogP contribution < -0.4 is 5.32 Å². The Bertz CT molecular complexity index is 300. The van der Waals surface area contributed by atoms with Gasteiger partial charge in [0.2, 0.25) is 5.91 Å². The van der Waals surface area contributed by atoms with Crippen LogP contribution in [0.5, 0.6) is 0 Å². The predicted molar refractivity (Wildman–Crippen MR) is 72.4 cm³/mol. The first kappa shape index (κ1) is 12.7. The summed E-state index contributed by atoms with van der Waals surface area (Å²) in [6.45, 7) is 5.68. The van der Waals surface area contributed by atoms with Gasteiger partial charge in [0.1, 0.15) is 0 Å². The van der Waals surface area contributed by atoms with E-state index in [2.05, 4.69) is 17.2 Å². The van der Waals surface area contributed by atoms with Crippen molar-refractivity contribution in [1.82, 2.24) is 10.2 Å². The van der Waals surface area contributed by atoms with Crippen LogP contribution in [0.1, 0.15) is 32.6 Å². The number of nitrogens with one attached hydrogen (secondary N) is 1. The van der Waals surface area contributed by atoms with Crippen molar-refractivity contribution in [3.8, 4) is 0 Å². The average Bonchev–Trinajstić information content (AvgIpc) is 2.76. The normalized spacial score (nSPS) is 24.6. The molecule has 1 unspecified atom stereocenters. The first-order valence-electron chi connectivity index (χ1n) is 6.48. The number of amides is 1. The minimum absolute atomic E-state index is 0.286. The van der Waals surface area contributed by atoms with Crippen molar-refractivity contribution in [3.63, 3.8) is 0 Å². The van der Waals surface area contributed by atoms with Gasteiger partial charge >= 0.3 is 0 Å². The van der Waals surface area contributed by atoms with E-state index in [1.807, 2.05) is 4.90 Å². The van der Waals surface area contributed by atoms with Crippen molar-refractivity contribution >= 4 is 22.8 Å². The van der Waals surface area contributed by atoms with Gasteiger partial charge in [0.25, 0.3) is 0 Å². The molecule has 96 valence electrons. The largest absolute Gasteiger partial charge is 0.364 e. The number of aliphatic imine (C=N–C) groups is 1. The number of carbonyl (C=O) groups excluding carboxylic acids is 1. The monoisotopic (exact) mass is 255 g/mol. The Hall–Kier alpha value is -0.710. The molecule has 1 N–H and O–H groups in total. The molecule has 1 atom stereocenters. The van der Waals surface area contributed by atoms with E-state index >= 15 is 0 Å². The quantitative estimate of drug-likeness (QED) is 0.830. The first-order chi connectivity index (χ1) is 8.25. The number of thioether (sulfide) groups is 1. The molecule has 0 aromatic carbocycles. The molecule has 5 heteroatoms. The number of likely N-dealkylation sites (tertiary alicyclic amines) is 1. The highest BCUT2D eigenvalue weighted by atomic mass is 32.2. The highest BCUT2D eigenvalue weighted by molar-refractivity contribution is 8.14. The molecule has 0 aromatic rings. The van der Waals surface area contributed by atoms with Crippen LogP contribution in [-0.2, 0) is 4.79 Å². The van der Waals surface area contributed by atoms with Gasteiger partial charge in [-0.2, -0.15) is 0 Å². The Morgan fingerprint density at radius 3 is 2.88 bits per heavy atom. The Morgan fingerprint density at radius 2 is 2.24 bits per heavy atom. The van der Waals surface area contributed by atoms with Gasteiger partial charge in [0.15, 0.2) is 5.17 Å². The standard InChI is InChI=1S/C12H21N3OS/c1-10-9-14-12(17-10)13-6-5-11(16)15-7-3-2-4-8-15/h10H,2-9H2,1H3,(H,13,14). The summed E-state index contributed by atoms with van der Waals surface area (Å²) in [5.74, 6) is 0.286. The second-order valence-corrected chi connectivity index (χ2v) is 6.12. The number of hydrogen-bond acceptors (Lipinski definition) is 4. The number of nitrogens with zero attached hydrogens (tertiary/aromatic N) is 2. The predicted octanol–water partition coefficient (Wildman–Crippen LogP) is 1.47. The van der Waals surface area contributed by atoms with E-state index < -0.39 is 0 Å². The maximum absolute atomic E-state index is 11.9. The number of piperidine rings is 1. The van der Waals surface area contributed by atoms with Gasteiger partial charge in [0, 0.05) is 31.3 Å². The van der Waals surface area contributed by atoms with E-state index in [0.29, 0.717) is 18.2 Å². The molecule has 0 aliphatic carbocycles. The molecule has 1 fully saturated rings. The summed E-state index contributed by atoms with van der Waals surface area (Å²) < 4.78 is 0. The van der Waals surface area contributed by atoms with Gasteiger partial charge in [-0.25, -0.2) is 0 Å². The molecule has 0 saturated carbocycles. The molecule has 0 spiro atoms. The molecular weight excluding hydrogens is 234 g/mol. The lowest BCUT2D eigenvalue weighted by molar-refractivity contribution is -0.131. The third-order valence-corrected chi connectivity index (χ3v) is 4.18. The van der Waals surface area contributed by atoms with Crippen LogP contribution >= 0.6 is 11.8 Å². The maximum Gasteiger partial charge on any atom is 0.224 e. The summed E-state index contributed by atoms with van der Waals surface area (Å²) in [4.78, 5) is 18.2. The summed E-state index contributed by atoms with van der Waals surface area (Å²) in [6.07, 6.45) is 4.19. The zero-order chi connectivity index (χ0) is 12.1. The third-order valence-electron chi connectivity index (χ3n) is 3.13. The molecule has 2 aliphatic heterocycles. The lowest BCUT2D eigenvalue weighted by atomic mass is 10.1. The number of amidine groups is 1. The van der Waals surface area contributed by atoms with Gasteiger partial charge in [-0.1, -0.05) is 18.7 Å². The van der Waals surface area contributed by atoms with Crippen LogP contribution in [0.15, 0.2) is 4.99 Å². The van der Waals surface area contributed by atoms with E-state index in [0.717, 1.165) is 24.8 Å². The Labute approximate surface area is 107 Å². The van der Waals surface area contributed by atoms with Crippen LogP contribution in [0.4, 0.5) is 0 Å². The Kier molecular flexibility index (Phi) is 4.71. The van der Waals surface area contributed by atoms with Gasteiger partial charge in [0.05, 0.1) is 6.54 Å².